The van der Waals surface area contributed by atoms with Gasteiger partial charge in [0.05, 0.1) is 6.04 Å². The molecule has 1 aliphatic heterocycles. The van der Waals surface area contributed by atoms with Crippen molar-refractivity contribution in [1.82, 2.24) is 10.4 Å². The predicted molar refractivity (Wildman–Crippen MR) is 84.8 cm³/mol. The average molecular weight is 334 g/mol. The molecule has 0 aromatic heterocycles. The third-order valence-electron chi connectivity index (χ3n) is 4.99. The summed E-state index contributed by atoms with van der Waals surface area (Å²) < 4.78 is 11.3. The van der Waals surface area contributed by atoms with Crippen molar-refractivity contribution in [2.24, 2.45) is 0 Å². The molecular formula is C17H22N2O5. The van der Waals surface area contributed by atoms with E-state index in [1.165, 1.54) is 0 Å². The van der Waals surface area contributed by atoms with E-state index in [4.69, 9.17) is 14.7 Å². The van der Waals surface area contributed by atoms with Crippen LogP contribution in [0.4, 0.5) is 0 Å². The third-order valence-corrected chi connectivity index (χ3v) is 4.99. The van der Waals surface area contributed by atoms with Gasteiger partial charge in [-0.1, -0.05) is 6.07 Å². The van der Waals surface area contributed by atoms with Crippen LogP contribution in [-0.4, -0.2) is 47.3 Å². The number of hydrogen-bond acceptors (Lipinski definition) is 5. The monoisotopic (exact) mass is 334 g/mol. The second kappa shape index (κ2) is 6.41. The summed E-state index contributed by atoms with van der Waals surface area (Å²) >= 11 is 0. The Hall–Kier alpha value is -2.12. The highest BCUT2D eigenvalue weighted by Gasteiger charge is 2.48. The van der Waals surface area contributed by atoms with Crippen LogP contribution in [0.25, 0.3) is 0 Å². The van der Waals surface area contributed by atoms with E-state index in [9.17, 15) is 9.59 Å². The first-order valence-electron chi connectivity index (χ1n) is 8.07. The molecule has 7 heteroatoms. The van der Waals surface area contributed by atoms with E-state index in [1.807, 2.05) is 6.92 Å². The molecule has 0 radical (unpaired) electrons. The number of methoxy groups -OCH3 is 1. The molecule has 2 amide bonds. The minimum atomic E-state index is -0.699. The van der Waals surface area contributed by atoms with Gasteiger partial charge in [0.25, 0.3) is 11.8 Å². The molecule has 1 aromatic carbocycles. The average Bonchev–Trinajstić information content (AvgIpc) is 2.72. The fourth-order valence-electron chi connectivity index (χ4n) is 3.20. The fraction of sp³-hybridized carbons (Fsp3) is 0.529. The number of rotatable bonds is 3. The Morgan fingerprint density at radius 2 is 2.17 bits per heavy atom. The first kappa shape index (κ1) is 16.7. The van der Waals surface area contributed by atoms with Crippen LogP contribution in [0.5, 0.6) is 5.75 Å². The van der Waals surface area contributed by atoms with Crippen molar-refractivity contribution >= 4 is 11.8 Å². The summed E-state index contributed by atoms with van der Waals surface area (Å²) in [4.78, 5) is 26.3. The highest BCUT2D eigenvalue weighted by atomic mass is 16.5. The van der Waals surface area contributed by atoms with Crippen molar-refractivity contribution in [3.8, 4) is 5.75 Å². The number of nitrogens with zero attached hydrogens (tertiary/aromatic N) is 1. The van der Waals surface area contributed by atoms with Gasteiger partial charge in [-0.3, -0.25) is 14.8 Å². The lowest BCUT2D eigenvalue weighted by molar-refractivity contribution is -0.169. The van der Waals surface area contributed by atoms with Gasteiger partial charge in [-0.2, -0.15) is 0 Å². The lowest BCUT2D eigenvalue weighted by Crippen LogP contribution is -2.56. The Labute approximate surface area is 140 Å². The number of nitrogens with one attached hydrogen (secondary N) is 1. The van der Waals surface area contributed by atoms with Crippen molar-refractivity contribution in [3.05, 3.63) is 29.3 Å². The summed E-state index contributed by atoms with van der Waals surface area (Å²) in [5.41, 5.74) is 2.04. The van der Waals surface area contributed by atoms with E-state index < -0.39 is 11.5 Å². The molecule has 2 aliphatic rings. The molecule has 2 N–H and O–H groups in total. The van der Waals surface area contributed by atoms with Crippen molar-refractivity contribution in [2.75, 3.05) is 13.7 Å². The SMILES string of the molecule is COC1(C(=O)N2Cc3ccc(C(=O)NO)cc3OC[C@@H]2C)CCC1. The number of benzene rings is 1. The zero-order valence-electron chi connectivity index (χ0n) is 13.9. The lowest BCUT2D eigenvalue weighted by Gasteiger charge is -2.43. The number of amides is 2. The van der Waals surface area contributed by atoms with E-state index >= 15 is 0 Å². The molecule has 0 bridgehead atoms. The Morgan fingerprint density at radius 3 is 2.75 bits per heavy atom. The Morgan fingerprint density at radius 1 is 1.42 bits per heavy atom. The fourth-order valence-corrected chi connectivity index (χ4v) is 3.20. The van der Waals surface area contributed by atoms with Crippen LogP contribution < -0.4 is 10.2 Å². The number of hydroxylamine groups is 1. The number of carbonyl (C=O) groups excluding carboxylic acids is 2. The maximum Gasteiger partial charge on any atom is 0.274 e. The van der Waals surface area contributed by atoms with Gasteiger partial charge < -0.3 is 14.4 Å². The van der Waals surface area contributed by atoms with Crippen LogP contribution in [0.15, 0.2) is 18.2 Å². The Balaban J connectivity index is 1.87. The zero-order valence-corrected chi connectivity index (χ0v) is 13.9. The number of fused-ring (bicyclic) bond motifs is 1. The van der Waals surface area contributed by atoms with Crippen molar-refractivity contribution in [2.45, 2.75) is 44.4 Å². The molecule has 130 valence electrons. The summed E-state index contributed by atoms with van der Waals surface area (Å²) in [6.07, 6.45) is 2.48. The molecule has 1 aliphatic carbocycles. The first-order valence-corrected chi connectivity index (χ1v) is 8.07. The molecule has 7 nitrogen and oxygen atoms in total. The molecule has 3 rings (SSSR count). The minimum absolute atomic E-state index is 0.00243. The van der Waals surface area contributed by atoms with Crippen molar-refractivity contribution in [1.29, 1.82) is 0 Å². The first-order chi connectivity index (χ1) is 11.5. The summed E-state index contributed by atoms with van der Waals surface area (Å²) in [6.45, 7) is 2.68. The highest BCUT2D eigenvalue weighted by Crippen LogP contribution is 2.38. The van der Waals surface area contributed by atoms with E-state index in [-0.39, 0.29) is 11.9 Å². The largest absolute Gasteiger partial charge is 0.491 e. The Bertz CT molecular complexity index is 651. The molecule has 0 spiro atoms. The van der Waals surface area contributed by atoms with Crippen LogP contribution in [0.3, 0.4) is 0 Å². The van der Waals surface area contributed by atoms with Gasteiger partial charge in [0.2, 0.25) is 0 Å². The highest BCUT2D eigenvalue weighted by molar-refractivity contribution is 5.94. The maximum absolute atomic E-state index is 13.0. The predicted octanol–water partition coefficient (Wildman–Crippen LogP) is 1.48. The van der Waals surface area contributed by atoms with Crippen LogP contribution in [-0.2, 0) is 16.1 Å². The van der Waals surface area contributed by atoms with Crippen LogP contribution in [0.1, 0.15) is 42.1 Å². The molecule has 1 aromatic rings. The molecule has 0 saturated heterocycles. The van der Waals surface area contributed by atoms with Gasteiger partial charge in [0.15, 0.2) is 0 Å². The second-order valence-electron chi connectivity index (χ2n) is 6.41. The van der Waals surface area contributed by atoms with E-state index in [2.05, 4.69) is 0 Å². The number of ether oxygens (including phenoxy) is 2. The minimum Gasteiger partial charge on any atom is -0.491 e. The summed E-state index contributed by atoms with van der Waals surface area (Å²) in [7, 11) is 1.59. The van der Waals surface area contributed by atoms with Gasteiger partial charge in [-0.25, -0.2) is 5.48 Å². The molecule has 1 atom stereocenters. The van der Waals surface area contributed by atoms with Crippen LogP contribution >= 0.6 is 0 Å². The Kier molecular flexibility index (Phi) is 4.47. The summed E-state index contributed by atoms with van der Waals surface area (Å²) in [5, 5.41) is 8.75. The second-order valence-corrected chi connectivity index (χ2v) is 6.41. The van der Waals surface area contributed by atoms with Gasteiger partial charge in [-0.15, -0.1) is 0 Å². The topological polar surface area (TPSA) is 88.1 Å². The van der Waals surface area contributed by atoms with Crippen LogP contribution in [0.2, 0.25) is 0 Å². The quantitative estimate of drug-likeness (QED) is 0.646. The van der Waals surface area contributed by atoms with Crippen molar-refractivity contribution < 1.29 is 24.3 Å². The standard InChI is InChI=1S/C17H22N2O5/c1-11-10-24-14-8-12(15(20)18-22)4-5-13(14)9-19(11)16(21)17(23-2)6-3-7-17/h4-5,8,11,22H,3,6-7,9-10H2,1-2H3,(H,18,20)/t11-/m0/s1. The van der Waals surface area contributed by atoms with Crippen LogP contribution in [0, 0.1) is 0 Å². The summed E-state index contributed by atoms with van der Waals surface area (Å²) in [5.74, 6) is -0.0462. The number of hydrogen-bond donors (Lipinski definition) is 2. The molecular weight excluding hydrogens is 312 g/mol. The van der Waals surface area contributed by atoms with E-state index in [0.717, 1.165) is 24.8 Å². The maximum atomic E-state index is 13.0. The molecule has 0 unspecified atom stereocenters. The lowest BCUT2D eigenvalue weighted by atomic mass is 9.78. The molecule has 1 fully saturated rings. The molecule has 1 heterocycles. The van der Waals surface area contributed by atoms with E-state index in [0.29, 0.717) is 24.5 Å². The molecule has 24 heavy (non-hydrogen) atoms. The molecule has 1 saturated carbocycles. The zero-order chi connectivity index (χ0) is 17.3. The number of carbonyl (C=O) groups is 2. The van der Waals surface area contributed by atoms with E-state index in [1.54, 1.807) is 35.7 Å². The van der Waals surface area contributed by atoms with Gasteiger partial charge in [0.1, 0.15) is 18.0 Å². The third kappa shape index (κ3) is 2.74. The van der Waals surface area contributed by atoms with Crippen molar-refractivity contribution in [3.63, 3.8) is 0 Å². The van der Waals surface area contributed by atoms with Gasteiger partial charge >= 0.3 is 0 Å². The normalized spacial score (nSPS) is 21.8. The summed E-state index contributed by atoms with van der Waals surface area (Å²) in [6, 6.07) is 4.82. The van der Waals surface area contributed by atoms with Gasteiger partial charge in [-0.05, 0) is 38.3 Å². The van der Waals surface area contributed by atoms with Gasteiger partial charge in [0, 0.05) is 24.8 Å². The smallest absolute Gasteiger partial charge is 0.274 e.